The minimum Gasteiger partial charge on any atom is -0.494 e. The maximum atomic E-state index is 13.6. The average molecular weight is 394 g/mol. The summed E-state index contributed by atoms with van der Waals surface area (Å²) < 4.78 is 19.5. The minimum absolute atomic E-state index is 0.311. The molecule has 0 unspecified atom stereocenters. The van der Waals surface area contributed by atoms with E-state index in [0.29, 0.717) is 18.5 Å². The second-order valence-corrected chi connectivity index (χ2v) is 8.37. The molecule has 0 spiro atoms. The molecule has 1 aromatic heterocycles. The molecule has 3 heterocycles. The predicted octanol–water partition coefficient (Wildman–Crippen LogP) is 4.41. The van der Waals surface area contributed by atoms with Crippen molar-refractivity contribution in [2.24, 2.45) is 4.99 Å². The molecule has 1 fully saturated rings. The normalized spacial score (nSPS) is 18.2. The van der Waals surface area contributed by atoms with Gasteiger partial charge < -0.3 is 9.64 Å². The van der Waals surface area contributed by atoms with E-state index in [1.807, 2.05) is 18.3 Å². The van der Waals surface area contributed by atoms with Gasteiger partial charge in [-0.1, -0.05) is 17.7 Å². The summed E-state index contributed by atoms with van der Waals surface area (Å²) in [5, 5.41) is 1.24. The van der Waals surface area contributed by atoms with Crippen molar-refractivity contribution in [3.05, 3.63) is 45.5 Å². The van der Waals surface area contributed by atoms with Crippen LogP contribution in [-0.4, -0.2) is 44.0 Å². The van der Waals surface area contributed by atoms with Gasteiger partial charge in [0.25, 0.3) is 0 Å². The highest BCUT2D eigenvalue weighted by atomic mass is 35.5. The third kappa shape index (κ3) is 3.59. The van der Waals surface area contributed by atoms with E-state index in [-0.39, 0.29) is 5.82 Å². The van der Waals surface area contributed by atoms with Crippen LogP contribution in [-0.2, 0) is 6.54 Å². The standard InChI is InChI=1S/C19H21ClFN3OS/c1-25-17-8-13(2-3-16(17)21)11-23-6-4-15(5-7-23)24-12-22-10-14-9-18(20)26-19(14)24/h2-3,8-10,15H,4-7,11-12H2,1H3. The first-order chi connectivity index (χ1) is 12.6. The zero-order valence-electron chi connectivity index (χ0n) is 14.6. The van der Waals surface area contributed by atoms with Gasteiger partial charge >= 0.3 is 0 Å². The van der Waals surface area contributed by atoms with E-state index in [0.717, 1.165) is 47.9 Å². The third-order valence-corrected chi connectivity index (χ3v) is 6.37. The molecule has 0 radical (unpaired) electrons. The van der Waals surface area contributed by atoms with Crippen molar-refractivity contribution in [1.29, 1.82) is 0 Å². The molecule has 4 nitrogen and oxygen atoms in total. The highest BCUT2D eigenvalue weighted by molar-refractivity contribution is 7.20. The maximum absolute atomic E-state index is 13.6. The molecule has 1 aromatic carbocycles. The summed E-state index contributed by atoms with van der Waals surface area (Å²) in [6.45, 7) is 3.55. The number of likely N-dealkylation sites (tertiary alicyclic amines) is 1. The van der Waals surface area contributed by atoms with Gasteiger partial charge in [0.1, 0.15) is 11.7 Å². The molecule has 2 aliphatic rings. The maximum Gasteiger partial charge on any atom is 0.165 e. The summed E-state index contributed by atoms with van der Waals surface area (Å²) in [6, 6.07) is 7.59. The van der Waals surface area contributed by atoms with E-state index in [9.17, 15) is 4.39 Å². The van der Waals surface area contributed by atoms with Gasteiger partial charge in [0, 0.05) is 37.5 Å². The number of rotatable bonds is 4. The molecule has 0 aliphatic carbocycles. The van der Waals surface area contributed by atoms with Crippen molar-refractivity contribution in [3.8, 4) is 5.75 Å². The van der Waals surface area contributed by atoms with Crippen LogP contribution in [0.4, 0.5) is 9.39 Å². The molecule has 26 heavy (non-hydrogen) atoms. The topological polar surface area (TPSA) is 28.1 Å². The molecule has 0 atom stereocenters. The fourth-order valence-corrected chi connectivity index (χ4v) is 4.97. The Bertz CT molecular complexity index is 817. The Labute approximate surface area is 161 Å². The average Bonchev–Trinajstić information content (AvgIpc) is 3.04. The molecule has 2 aromatic rings. The zero-order chi connectivity index (χ0) is 18.1. The van der Waals surface area contributed by atoms with Crippen LogP contribution in [0.15, 0.2) is 29.3 Å². The first kappa shape index (κ1) is 17.8. The first-order valence-corrected chi connectivity index (χ1v) is 9.94. The molecular formula is C19H21ClFN3OS. The quantitative estimate of drug-likeness (QED) is 0.770. The first-order valence-electron chi connectivity index (χ1n) is 8.74. The highest BCUT2D eigenvalue weighted by Gasteiger charge is 2.28. The number of piperidine rings is 1. The van der Waals surface area contributed by atoms with Gasteiger partial charge in [-0.2, -0.15) is 0 Å². The molecule has 0 saturated carbocycles. The monoisotopic (exact) mass is 393 g/mol. The SMILES string of the molecule is COc1cc(CN2CCC(N3CN=Cc4cc(Cl)sc43)CC2)ccc1F. The molecule has 2 aliphatic heterocycles. The lowest BCUT2D eigenvalue weighted by molar-refractivity contribution is 0.201. The molecule has 1 saturated heterocycles. The number of nitrogens with zero attached hydrogens (tertiary/aromatic N) is 3. The molecule has 0 N–H and O–H groups in total. The van der Waals surface area contributed by atoms with Gasteiger partial charge in [0.15, 0.2) is 11.6 Å². The summed E-state index contributed by atoms with van der Waals surface area (Å²) in [6.07, 6.45) is 4.09. The highest BCUT2D eigenvalue weighted by Crippen LogP contribution is 2.38. The lowest BCUT2D eigenvalue weighted by Crippen LogP contribution is -2.45. The smallest absolute Gasteiger partial charge is 0.165 e. The zero-order valence-corrected chi connectivity index (χ0v) is 16.2. The van der Waals surface area contributed by atoms with Crippen LogP contribution in [0.1, 0.15) is 24.0 Å². The van der Waals surface area contributed by atoms with Crippen molar-refractivity contribution in [3.63, 3.8) is 0 Å². The van der Waals surface area contributed by atoms with Gasteiger partial charge in [0.2, 0.25) is 0 Å². The Hall–Kier alpha value is -1.63. The van der Waals surface area contributed by atoms with Crippen LogP contribution in [0.3, 0.4) is 0 Å². The summed E-state index contributed by atoms with van der Waals surface area (Å²) >= 11 is 7.83. The van der Waals surface area contributed by atoms with E-state index < -0.39 is 0 Å². The summed E-state index contributed by atoms with van der Waals surface area (Å²) in [5.74, 6) is -0.00306. The van der Waals surface area contributed by atoms with E-state index in [4.69, 9.17) is 16.3 Å². The molecule has 4 rings (SSSR count). The Balaban J connectivity index is 1.38. The third-order valence-electron chi connectivity index (χ3n) is 5.05. The summed E-state index contributed by atoms with van der Waals surface area (Å²) in [7, 11) is 1.50. The van der Waals surface area contributed by atoms with Gasteiger partial charge in [0.05, 0.1) is 11.4 Å². The number of methoxy groups -OCH3 is 1. The van der Waals surface area contributed by atoms with Crippen molar-refractivity contribution in [1.82, 2.24) is 4.90 Å². The van der Waals surface area contributed by atoms with Gasteiger partial charge in [-0.25, -0.2) is 4.39 Å². The number of hydrogen-bond donors (Lipinski definition) is 0. The van der Waals surface area contributed by atoms with Crippen molar-refractivity contribution >= 4 is 34.2 Å². The number of halogens is 2. The van der Waals surface area contributed by atoms with E-state index >= 15 is 0 Å². The Kier molecular flexibility index (Phi) is 5.16. The molecular weight excluding hydrogens is 373 g/mol. The van der Waals surface area contributed by atoms with Crippen LogP contribution < -0.4 is 9.64 Å². The predicted molar refractivity (Wildman–Crippen MR) is 106 cm³/mol. The molecule has 0 bridgehead atoms. The van der Waals surface area contributed by atoms with E-state index in [1.54, 1.807) is 17.4 Å². The lowest BCUT2D eigenvalue weighted by Gasteiger charge is -2.39. The number of thiophene rings is 1. The van der Waals surface area contributed by atoms with Crippen LogP contribution in [0.2, 0.25) is 4.34 Å². The number of hydrogen-bond acceptors (Lipinski definition) is 5. The van der Waals surface area contributed by atoms with E-state index in [2.05, 4.69) is 14.8 Å². The number of benzene rings is 1. The van der Waals surface area contributed by atoms with Crippen molar-refractivity contribution in [2.75, 3.05) is 31.8 Å². The van der Waals surface area contributed by atoms with Gasteiger partial charge in [-0.05, 0) is 36.6 Å². The Morgan fingerprint density at radius 2 is 2.12 bits per heavy atom. The van der Waals surface area contributed by atoms with Crippen LogP contribution in [0, 0.1) is 5.82 Å². The molecule has 138 valence electrons. The largest absolute Gasteiger partial charge is 0.494 e. The summed E-state index contributed by atoms with van der Waals surface area (Å²) in [5.41, 5.74) is 2.21. The van der Waals surface area contributed by atoms with Crippen molar-refractivity contribution < 1.29 is 9.13 Å². The summed E-state index contributed by atoms with van der Waals surface area (Å²) in [4.78, 5) is 9.30. The van der Waals surface area contributed by atoms with Gasteiger partial charge in [-0.3, -0.25) is 9.89 Å². The van der Waals surface area contributed by atoms with Gasteiger partial charge in [-0.15, -0.1) is 11.3 Å². The second kappa shape index (κ2) is 7.55. The Morgan fingerprint density at radius 3 is 2.88 bits per heavy atom. The van der Waals surface area contributed by atoms with Crippen LogP contribution in [0.25, 0.3) is 0 Å². The number of anilines is 1. The number of fused-ring (bicyclic) bond motifs is 1. The molecule has 0 amide bonds. The van der Waals surface area contributed by atoms with Crippen LogP contribution in [0.5, 0.6) is 5.75 Å². The van der Waals surface area contributed by atoms with Crippen LogP contribution >= 0.6 is 22.9 Å². The van der Waals surface area contributed by atoms with E-state index in [1.165, 1.54) is 18.2 Å². The fraction of sp³-hybridized carbons (Fsp3) is 0.421. The lowest BCUT2D eigenvalue weighted by atomic mass is 10.0. The minimum atomic E-state index is -0.314. The van der Waals surface area contributed by atoms with Crippen molar-refractivity contribution in [2.45, 2.75) is 25.4 Å². The fourth-order valence-electron chi connectivity index (χ4n) is 3.70. The second-order valence-electron chi connectivity index (χ2n) is 6.71. The Morgan fingerprint density at radius 1 is 1.31 bits per heavy atom. The number of ether oxygens (including phenoxy) is 1. The molecule has 7 heteroatoms. The number of aliphatic imine (C=N–C) groups is 1.